The van der Waals surface area contributed by atoms with Crippen LogP contribution in [0.2, 0.25) is 5.02 Å². The van der Waals surface area contributed by atoms with Crippen molar-refractivity contribution >= 4 is 23.6 Å². The van der Waals surface area contributed by atoms with Crippen LogP contribution in [0.15, 0.2) is 12.1 Å². The molecule has 1 saturated carbocycles. The third kappa shape index (κ3) is 5.10. The lowest BCUT2D eigenvalue weighted by Gasteiger charge is -2.21. The van der Waals surface area contributed by atoms with E-state index in [9.17, 15) is 4.79 Å². The summed E-state index contributed by atoms with van der Waals surface area (Å²) in [7, 11) is 3.75. The van der Waals surface area contributed by atoms with Crippen molar-refractivity contribution in [3.05, 3.63) is 22.7 Å². The molecule has 1 aliphatic carbocycles. The summed E-state index contributed by atoms with van der Waals surface area (Å²) in [5, 5.41) is 7.04. The molecule has 134 valence electrons. The van der Waals surface area contributed by atoms with Gasteiger partial charge in [0.05, 0.1) is 19.3 Å². The quantitative estimate of drug-likeness (QED) is 0.797. The number of benzene rings is 1. The van der Waals surface area contributed by atoms with Crippen LogP contribution in [-0.4, -0.2) is 58.1 Å². The first kappa shape index (κ1) is 19.0. The van der Waals surface area contributed by atoms with Gasteiger partial charge in [-0.1, -0.05) is 18.5 Å². The molecule has 0 unspecified atom stereocenters. The highest BCUT2D eigenvalue weighted by Crippen LogP contribution is 2.51. The maximum Gasteiger partial charge on any atom is 0.143 e. The van der Waals surface area contributed by atoms with Gasteiger partial charge in [-0.3, -0.25) is 0 Å². The molecular formula is C18H28ClN3O2. The van der Waals surface area contributed by atoms with Crippen LogP contribution >= 0.6 is 11.6 Å². The van der Waals surface area contributed by atoms with Crippen molar-refractivity contribution < 1.29 is 9.53 Å². The summed E-state index contributed by atoms with van der Waals surface area (Å²) < 4.78 is 5.25. The average molecular weight is 354 g/mol. The molecule has 5 nitrogen and oxygen atoms in total. The van der Waals surface area contributed by atoms with E-state index in [1.807, 2.05) is 12.1 Å². The standard InChI is InChI=1S/C13H16ClNO2.C5H12N2/c1-13(3-4-13)9-7-11(15-5-6-16)12(17-2)8-10(9)14;1-7-4-2-6-3-5-7/h6-8,15H,3-5H2,1-2H3;6H,2-5H2,1H3. The Bertz CT molecular complexity index is 555. The Morgan fingerprint density at radius 2 is 2.04 bits per heavy atom. The molecule has 0 bridgehead atoms. The number of hydrogen-bond donors (Lipinski definition) is 2. The zero-order chi connectivity index (χ0) is 17.6. The number of hydrogen-bond acceptors (Lipinski definition) is 5. The third-order valence-electron chi connectivity index (χ3n) is 4.66. The number of rotatable bonds is 5. The zero-order valence-electron chi connectivity index (χ0n) is 14.8. The van der Waals surface area contributed by atoms with Crippen molar-refractivity contribution in [1.82, 2.24) is 10.2 Å². The second kappa shape index (κ2) is 8.70. The highest BCUT2D eigenvalue weighted by molar-refractivity contribution is 6.31. The van der Waals surface area contributed by atoms with Crippen molar-refractivity contribution in [2.24, 2.45) is 0 Å². The Morgan fingerprint density at radius 3 is 2.50 bits per heavy atom. The molecule has 1 aromatic rings. The number of nitrogens with zero attached hydrogens (tertiary/aromatic N) is 1. The summed E-state index contributed by atoms with van der Waals surface area (Å²) >= 11 is 6.26. The topological polar surface area (TPSA) is 53.6 Å². The number of carbonyl (C=O) groups excluding carboxylic acids is 1. The molecule has 3 rings (SSSR count). The monoisotopic (exact) mass is 353 g/mol. The molecule has 1 aliphatic heterocycles. The maximum absolute atomic E-state index is 10.4. The minimum Gasteiger partial charge on any atom is -0.495 e. The van der Waals surface area contributed by atoms with Crippen molar-refractivity contribution in [1.29, 1.82) is 0 Å². The SMILES string of the molecule is CN1CCNCC1.COc1cc(Cl)c(C2(C)CC2)cc1NCC=O. The molecule has 0 atom stereocenters. The first-order chi connectivity index (χ1) is 11.5. The van der Waals surface area contributed by atoms with Crippen LogP contribution in [0.1, 0.15) is 25.3 Å². The van der Waals surface area contributed by atoms with E-state index in [0.29, 0.717) is 5.75 Å². The van der Waals surface area contributed by atoms with Crippen LogP contribution in [0.3, 0.4) is 0 Å². The predicted octanol–water partition coefficient (Wildman–Crippen LogP) is 2.53. The normalized spacial score (nSPS) is 19.0. The van der Waals surface area contributed by atoms with Gasteiger partial charge in [-0.25, -0.2) is 0 Å². The lowest BCUT2D eigenvalue weighted by molar-refractivity contribution is -0.106. The molecule has 0 radical (unpaired) electrons. The number of aldehydes is 1. The van der Waals surface area contributed by atoms with Gasteiger partial charge >= 0.3 is 0 Å². The fourth-order valence-electron chi connectivity index (χ4n) is 2.71. The first-order valence-corrected chi connectivity index (χ1v) is 8.83. The predicted molar refractivity (Wildman–Crippen MR) is 99.5 cm³/mol. The summed E-state index contributed by atoms with van der Waals surface area (Å²) in [5.41, 5.74) is 2.15. The Kier molecular flexibility index (Phi) is 6.90. The van der Waals surface area contributed by atoms with Crippen molar-refractivity contribution in [3.63, 3.8) is 0 Å². The van der Waals surface area contributed by atoms with Crippen LogP contribution in [0.5, 0.6) is 5.75 Å². The molecule has 0 aromatic heterocycles. The first-order valence-electron chi connectivity index (χ1n) is 8.45. The number of halogens is 1. The van der Waals surface area contributed by atoms with Crippen molar-refractivity contribution in [3.8, 4) is 5.75 Å². The van der Waals surface area contributed by atoms with Gasteiger partial charge in [0.2, 0.25) is 0 Å². The van der Waals surface area contributed by atoms with Crippen LogP contribution in [-0.2, 0) is 10.2 Å². The minimum absolute atomic E-state index is 0.195. The highest BCUT2D eigenvalue weighted by Gasteiger charge is 2.41. The van der Waals surface area contributed by atoms with Crippen molar-refractivity contribution in [2.45, 2.75) is 25.2 Å². The van der Waals surface area contributed by atoms with E-state index in [2.05, 4.69) is 29.5 Å². The molecule has 1 aromatic carbocycles. The molecule has 6 heteroatoms. The van der Waals surface area contributed by atoms with E-state index >= 15 is 0 Å². The van der Waals surface area contributed by atoms with Gasteiger partial charge in [0.25, 0.3) is 0 Å². The van der Waals surface area contributed by atoms with Crippen LogP contribution in [0, 0.1) is 0 Å². The molecule has 1 saturated heterocycles. The lowest BCUT2D eigenvalue weighted by Crippen LogP contribution is -2.40. The van der Waals surface area contributed by atoms with Gasteiger partial charge in [0.15, 0.2) is 0 Å². The van der Waals surface area contributed by atoms with E-state index in [4.69, 9.17) is 16.3 Å². The number of anilines is 1. The Labute approximate surface area is 149 Å². The number of methoxy groups -OCH3 is 1. The van der Waals surface area contributed by atoms with Gasteiger partial charge in [-0.2, -0.15) is 0 Å². The Hall–Kier alpha value is -1.30. The average Bonchev–Trinajstić information content (AvgIpc) is 3.33. The van der Waals surface area contributed by atoms with Crippen LogP contribution in [0.25, 0.3) is 0 Å². The zero-order valence-corrected chi connectivity index (χ0v) is 15.6. The van der Waals surface area contributed by atoms with Crippen LogP contribution in [0.4, 0.5) is 5.69 Å². The molecule has 0 spiro atoms. The minimum atomic E-state index is 0.195. The summed E-state index contributed by atoms with van der Waals surface area (Å²) in [6.07, 6.45) is 3.14. The maximum atomic E-state index is 10.4. The van der Waals surface area contributed by atoms with E-state index in [1.54, 1.807) is 7.11 Å². The molecule has 2 aliphatic rings. The van der Waals surface area contributed by atoms with Gasteiger partial charge < -0.3 is 25.1 Å². The number of carbonyl (C=O) groups is 1. The number of piperazine rings is 1. The second-order valence-electron chi connectivity index (χ2n) is 6.69. The van der Waals surface area contributed by atoms with E-state index in [-0.39, 0.29) is 12.0 Å². The van der Waals surface area contributed by atoms with Gasteiger partial charge in [-0.15, -0.1) is 0 Å². The smallest absolute Gasteiger partial charge is 0.143 e. The van der Waals surface area contributed by atoms with E-state index < -0.39 is 0 Å². The third-order valence-corrected chi connectivity index (χ3v) is 4.97. The van der Waals surface area contributed by atoms with E-state index in [1.165, 1.54) is 13.1 Å². The van der Waals surface area contributed by atoms with Gasteiger partial charge in [0, 0.05) is 37.3 Å². The summed E-state index contributed by atoms with van der Waals surface area (Å²) in [6.45, 7) is 7.21. The van der Waals surface area contributed by atoms with Crippen molar-refractivity contribution in [2.75, 3.05) is 52.2 Å². The summed E-state index contributed by atoms with van der Waals surface area (Å²) in [6, 6.07) is 3.81. The largest absolute Gasteiger partial charge is 0.495 e. The number of likely N-dealkylation sites (N-methyl/N-ethyl adjacent to an activating group) is 1. The molecule has 0 amide bonds. The fraction of sp³-hybridized carbons (Fsp3) is 0.611. The fourth-order valence-corrected chi connectivity index (χ4v) is 3.09. The Balaban J connectivity index is 0.000000249. The summed E-state index contributed by atoms with van der Waals surface area (Å²) in [5.74, 6) is 0.671. The molecule has 24 heavy (non-hydrogen) atoms. The van der Waals surface area contributed by atoms with E-state index in [0.717, 1.165) is 48.5 Å². The molecule has 2 fully saturated rings. The number of ether oxygens (including phenoxy) is 1. The Morgan fingerprint density at radius 1 is 1.38 bits per heavy atom. The van der Waals surface area contributed by atoms with Gasteiger partial charge in [-0.05, 0) is 36.9 Å². The van der Waals surface area contributed by atoms with Gasteiger partial charge in [0.1, 0.15) is 12.0 Å². The summed E-state index contributed by atoms with van der Waals surface area (Å²) in [4.78, 5) is 12.7. The molecule has 1 heterocycles. The molecule has 2 N–H and O–H groups in total. The van der Waals surface area contributed by atoms with Crippen LogP contribution < -0.4 is 15.4 Å². The second-order valence-corrected chi connectivity index (χ2v) is 7.10. The molecular weight excluding hydrogens is 326 g/mol. The number of nitrogens with one attached hydrogen (secondary N) is 2. The highest BCUT2D eigenvalue weighted by atomic mass is 35.5. The lowest BCUT2D eigenvalue weighted by atomic mass is 9.97.